The molecule has 0 aliphatic rings. The summed E-state index contributed by atoms with van der Waals surface area (Å²) in [7, 11) is 1.99. The Morgan fingerprint density at radius 3 is 1.69 bits per heavy atom. The molecule has 0 aliphatic heterocycles. The van der Waals surface area contributed by atoms with Gasteiger partial charge >= 0.3 is 0 Å². The number of nitrogens with one attached hydrogen (secondary N) is 1. The molecular formula is C34H50N2. The number of rotatable bonds is 20. The number of unbranched alkanes of at least 4 members (excludes halogenated alkanes) is 15. The summed E-state index contributed by atoms with van der Waals surface area (Å²) in [5.74, 6) is 0. The van der Waals surface area contributed by atoms with Crippen LogP contribution in [0.1, 0.15) is 132 Å². The predicted octanol–water partition coefficient (Wildman–Crippen LogP) is 10.6. The van der Waals surface area contributed by atoms with Gasteiger partial charge in [-0.3, -0.25) is 0 Å². The van der Waals surface area contributed by atoms with Crippen LogP contribution in [0.2, 0.25) is 0 Å². The maximum absolute atomic E-state index is 8.94. The van der Waals surface area contributed by atoms with E-state index in [1.165, 1.54) is 120 Å². The first-order valence-electron chi connectivity index (χ1n) is 14.8. The van der Waals surface area contributed by atoms with E-state index < -0.39 is 0 Å². The van der Waals surface area contributed by atoms with Crippen molar-refractivity contribution in [3.8, 4) is 6.07 Å². The molecule has 2 aromatic rings. The molecule has 2 heteroatoms. The Balaban J connectivity index is 1.53. The maximum Gasteiger partial charge on any atom is 0.0991 e. The lowest BCUT2D eigenvalue weighted by Gasteiger charge is -2.09. The van der Waals surface area contributed by atoms with E-state index in [0.29, 0.717) is 5.56 Å². The minimum absolute atomic E-state index is 0.696. The molecule has 1 N–H and O–H groups in total. The van der Waals surface area contributed by atoms with Crippen LogP contribution < -0.4 is 5.32 Å². The van der Waals surface area contributed by atoms with E-state index >= 15 is 0 Å². The van der Waals surface area contributed by atoms with Crippen LogP contribution in [0.25, 0.3) is 12.2 Å². The summed E-state index contributed by atoms with van der Waals surface area (Å²) in [4.78, 5) is 0. The van der Waals surface area contributed by atoms with Gasteiger partial charge in [-0.1, -0.05) is 140 Å². The third-order valence-electron chi connectivity index (χ3n) is 7.20. The van der Waals surface area contributed by atoms with Crippen molar-refractivity contribution in [2.45, 2.75) is 116 Å². The zero-order chi connectivity index (χ0) is 25.7. The quantitative estimate of drug-likeness (QED) is 0.149. The van der Waals surface area contributed by atoms with Crippen molar-refractivity contribution in [1.29, 1.82) is 5.26 Å². The van der Waals surface area contributed by atoms with Gasteiger partial charge in [-0.2, -0.15) is 5.26 Å². The van der Waals surface area contributed by atoms with E-state index in [1.807, 2.05) is 31.3 Å². The molecule has 0 atom stereocenters. The normalized spacial score (nSPS) is 11.1. The molecule has 0 unspecified atom stereocenters. The molecule has 36 heavy (non-hydrogen) atoms. The number of aryl methyl sites for hydroxylation is 1. The number of benzene rings is 2. The van der Waals surface area contributed by atoms with Crippen molar-refractivity contribution in [3.05, 3.63) is 64.7 Å². The predicted molar refractivity (Wildman–Crippen MR) is 159 cm³/mol. The lowest BCUT2D eigenvalue weighted by molar-refractivity contribution is 0.529. The average Bonchev–Trinajstić information content (AvgIpc) is 2.92. The topological polar surface area (TPSA) is 35.8 Å². The second-order valence-electron chi connectivity index (χ2n) is 10.3. The van der Waals surface area contributed by atoms with Crippen LogP contribution in [0.15, 0.2) is 42.5 Å². The number of anilines is 1. The van der Waals surface area contributed by atoms with Gasteiger partial charge in [0, 0.05) is 12.7 Å². The molecule has 0 bridgehead atoms. The molecule has 0 aliphatic carbocycles. The van der Waals surface area contributed by atoms with E-state index in [9.17, 15) is 0 Å². The SMILES string of the molecule is CCCCCCCCCCCCCCCCCCc1ccc(C=Cc2ccc(C#N)cc2)c(NC)c1. The van der Waals surface area contributed by atoms with Crippen molar-refractivity contribution in [2.75, 3.05) is 12.4 Å². The fraction of sp³-hybridized carbons (Fsp3) is 0.559. The highest BCUT2D eigenvalue weighted by Crippen LogP contribution is 2.22. The van der Waals surface area contributed by atoms with E-state index in [2.05, 4.69) is 48.7 Å². The highest BCUT2D eigenvalue weighted by molar-refractivity contribution is 5.77. The molecule has 0 saturated carbocycles. The molecule has 2 aromatic carbocycles. The fourth-order valence-corrected chi connectivity index (χ4v) is 4.85. The van der Waals surface area contributed by atoms with Crippen LogP contribution in [-0.2, 0) is 6.42 Å². The Hall–Kier alpha value is -2.53. The molecule has 2 rings (SSSR count). The van der Waals surface area contributed by atoms with Crippen molar-refractivity contribution in [3.63, 3.8) is 0 Å². The first-order valence-corrected chi connectivity index (χ1v) is 14.8. The highest BCUT2D eigenvalue weighted by Gasteiger charge is 2.02. The molecule has 0 amide bonds. The smallest absolute Gasteiger partial charge is 0.0991 e. The number of nitriles is 1. The molecule has 0 radical (unpaired) electrons. The minimum Gasteiger partial charge on any atom is -0.388 e. The maximum atomic E-state index is 8.94. The Morgan fingerprint density at radius 1 is 0.667 bits per heavy atom. The third kappa shape index (κ3) is 13.0. The van der Waals surface area contributed by atoms with E-state index in [0.717, 1.165) is 12.0 Å². The lowest BCUT2D eigenvalue weighted by Crippen LogP contribution is -1.94. The second kappa shape index (κ2) is 19.6. The third-order valence-corrected chi connectivity index (χ3v) is 7.20. The van der Waals surface area contributed by atoms with Gasteiger partial charge in [0.25, 0.3) is 0 Å². The fourth-order valence-electron chi connectivity index (χ4n) is 4.85. The summed E-state index contributed by atoms with van der Waals surface area (Å²) in [6.07, 6.45) is 28.0. The largest absolute Gasteiger partial charge is 0.388 e. The van der Waals surface area contributed by atoms with Crippen molar-refractivity contribution in [2.24, 2.45) is 0 Å². The van der Waals surface area contributed by atoms with E-state index in [-0.39, 0.29) is 0 Å². The van der Waals surface area contributed by atoms with Crippen LogP contribution in [0.4, 0.5) is 5.69 Å². The first kappa shape index (κ1) is 29.7. The van der Waals surface area contributed by atoms with Crippen LogP contribution in [0.5, 0.6) is 0 Å². The van der Waals surface area contributed by atoms with Gasteiger partial charge in [0.1, 0.15) is 0 Å². The molecule has 2 nitrogen and oxygen atoms in total. The Kier molecular flexibility index (Phi) is 16.2. The zero-order valence-electron chi connectivity index (χ0n) is 23.2. The van der Waals surface area contributed by atoms with Crippen LogP contribution in [0.3, 0.4) is 0 Å². The average molecular weight is 487 g/mol. The minimum atomic E-state index is 0.696. The van der Waals surface area contributed by atoms with Crippen LogP contribution >= 0.6 is 0 Å². The van der Waals surface area contributed by atoms with Crippen LogP contribution in [-0.4, -0.2) is 7.05 Å². The Morgan fingerprint density at radius 2 is 1.19 bits per heavy atom. The number of nitrogens with zero attached hydrogens (tertiary/aromatic N) is 1. The molecule has 0 fully saturated rings. The Bertz CT molecular complexity index is 888. The molecular weight excluding hydrogens is 436 g/mol. The van der Waals surface area contributed by atoms with E-state index in [1.54, 1.807) is 0 Å². The van der Waals surface area contributed by atoms with Gasteiger partial charge < -0.3 is 5.32 Å². The second-order valence-corrected chi connectivity index (χ2v) is 10.3. The molecule has 196 valence electrons. The van der Waals surface area contributed by atoms with Gasteiger partial charge in [0.05, 0.1) is 11.6 Å². The van der Waals surface area contributed by atoms with Crippen molar-refractivity contribution >= 4 is 17.8 Å². The molecule has 0 aromatic heterocycles. The number of hydrogen-bond acceptors (Lipinski definition) is 2. The van der Waals surface area contributed by atoms with Crippen molar-refractivity contribution in [1.82, 2.24) is 0 Å². The summed E-state index contributed by atoms with van der Waals surface area (Å²) < 4.78 is 0. The summed E-state index contributed by atoms with van der Waals surface area (Å²) in [6.45, 7) is 2.29. The standard InChI is InChI=1S/C34H50N2/c1-3-4-5-6-7-8-9-10-11-12-13-14-15-16-17-18-19-31-25-27-33(34(28-31)36-2)26-24-30-20-22-32(29-35)23-21-30/h20-28,36H,3-19H2,1-2H3. The molecule has 0 spiro atoms. The van der Waals surface area contributed by atoms with Gasteiger partial charge in [0.15, 0.2) is 0 Å². The summed E-state index contributed by atoms with van der Waals surface area (Å²) in [5.41, 5.74) is 5.58. The zero-order valence-corrected chi connectivity index (χ0v) is 23.2. The first-order chi connectivity index (χ1) is 17.8. The van der Waals surface area contributed by atoms with Gasteiger partial charge in [-0.25, -0.2) is 0 Å². The van der Waals surface area contributed by atoms with Crippen molar-refractivity contribution < 1.29 is 0 Å². The summed E-state index contributed by atoms with van der Waals surface area (Å²) >= 11 is 0. The lowest BCUT2D eigenvalue weighted by atomic mass is 10.0. The monoisotopic (exact) mass is 486 g/mol. The number of hydrogen-bond donors (Lipinski definition) is 1. The Labute approximate surface area is 222 Å². The van der Waals surface area contributed by atoms with Gasteiger partial charge in [-0.15, -0.1) is 0 Å². The van der Waals surface area contributed by atoms with Gasteiger partial charge in [0.2, 0.25) is 0 Å². The highest BCUT2D eigenvalue weighted by atomic mass is 14.8. The van der Waals surface area contributed by atoms with Crippen LogP contribution in [0, 0.1) is 11.3 Å². The summed E-state index contributed by atoms with van der Waals surface area (Å²) in [6, 6.07) is 16.6. The molecule has 0 heterocycles. The summed E-state index contributed by atoms with van der Waals surface area (Å²) in [5, 5.41) is 12.3. The van der Waals surface area contributed by atoms with E-state index in [4.69, 9.17) is 5.26 Å². The molecule has 0 saturated heterocycles. The van der Waals surface area contributed by atoms with Gasteiger partial charge in [-0.05, 0) is 47.7 Å².